The summed E-state index contributed by atoms with van der Waals surface area (Å²) in [5.41, 5.74) is 0. The van der Waals surface area contributed by atoms with Crippen molar-refractivity contribution in [1.82, 2.24) is 10.2 Å². The monoisotopic (exact) mass is 284 g/mol. The van der Waals surface area contributed by atoms with Crippen molar-refractivity contribution < 1.29 is 22.7 Å². The van der Waals surface area contributed by atoms with Crippen molar-refractivity contribution in [1.29, 1.82) is 0 Å². The molecule has 0 unspecified atom stereocenters. The van der Waals surface area contributed by atoms with Gasteiger partial charge in [-0.15, -0.1) is 0 Å². The van der Waals surface area contributed by atoms with Gasteiger partial charge < -0.3 is 15.0 Å². The minimum Gasteiger partial charge on any atom is -0.382 e. The van der Waals surface area contributed by atoms with Crippen LogP contribution in [-0.2, 0) is 9.53 Å². The molecule has 0 aromatic rings. The van der Waals surface area contributed by atoms with Crippen LogP contribution in [0.1, 0.15) is 26.7 Å². The van der Waals surface area contributed by atoms with Gasteiger partial charge in [0.25, 0.3) is 0 Å². The molecule has 0 bridgehead atoms. The van der Waals surface area contributed by atoms with Gasteiger partial charge >= 0.3 is 6.18 Å². The van der Waals surface area contributed by atoms with Crippen molar-refractivity contribution in [2.45, 2.75) is 32.9 Å². The first-order valence-corrected chi connectivity index (χ1v) is 6.53. The third-order valence-electron chi connectivity index (χ3n) is 2.35. The number of hydrogen-bond acceptors (Lipinski definition) is 3. The van der Waals surface area contributed by atoms with Gasteiger partial charge in [-0.25, -0.2) is 0 Å². The summed E-state index contributed by atoms with van der Waals surface area (Å²) in [7, 11) is 0. The summed E-state index contributed by atoms with van der Waals surface area (Å²) in [4.78, 5) is 12.5. The van der Waals surface area contributed by atoms with Crippen LogP contribution in [0.5, 0.6) is 0 Å². The van der Waals surface area contributed by atoms with Crippen LogP contribution in [0.4, 0.5) is 13.2 Å². The lowest BCUT2D eigenvalue weighted by atomic mass is 10.3. The minimum atomic E-state index is -4.37. The Morgan fingerprint density at radius 3 is 2.53 bits per heavy atom. The SMILES string of the molecule is CCCNCC(=O)N(CCCOCC)CC(F)(F)F. The molecule has 19 heavy (non-hydrogen) atoms. The number of alkyl halides is 3. The van der Waals surface area contributed by atoms with Crippen molar-refractivity contribution in [3.05, 3.63) is 0 Å². The Balaban J connectivity index is 4.19. The molecule has 0 rings (SSSR count). The molecule has 4 nitrogen and oxygen atoms in total. The predicted molar refractivity (Wildman–Crippen MR) is 66.9 cm³/mol. The summed E-state index contributed by atoms with van der Waals surface area (Å²) < 4.78 is 42.2. The fraction of sp³-hybridized carbons (Fsp3) is 0.917. The summed E-state index contributed by atoms with van der Waals surface area (Å²) in [6.45, 7) is 4.03. The first kappa shape index (κ1) is 18.2. The molecular weight excluding hydrogens is 261 g/mol. The summed E-state index contributed by atoms with van der Waals surface area (Å²) in [5, 5.41) is 2.81. The van der Waals surface area contributed by atoms with E-state index in [4.69, 9.17) is 4.74 Å². The maximum atomic E-state index is 12.4. The maximum Gasteiger partial charge on any atom is 0.406 e. The number of rotatable bonds is 10. The Hall–Kier alpha value is -0.820. The molecule has 0 saturated heterocycles. The van der Waals surface area contributed by atoms with E-state index in [0.717, 1.165) is 11.3 Å². The van der Waals surface area contributed by atoms with Gasteiger partial charge in [0.15, 0.2) is 0 Å². The van der Waals surface area contributed by atoms with Crippen molar-refractivity contribution >= 4 is 5.91 Å². The van der Waals surface area contributed by atoms with E-state index >= 15 is 0 Å². The minimum absolute atomic E-state index is 0.0570. The standard InChI is InChI=1S/C12H23F3N2O2/c1-3-6-16-9-11(18)17(10-12(13,14)15)7-5-8-19-4-2/h16H,3-10H2,1-2H3. The van der Waals surface area contributed by atoms with Crippen LogP contribution in [0.2, 0.25) is 0 Å². The molecule has 0 aliphatic carbocycles. The zero-order valence-electron chi connectivity index (χ0n) is 11.6. The van der Waals surface area contributed by atoms with Crippen molar-refractivity contribution in [3.8, 4) is 0 Å². The van der Waals surface area contributed by atoms with Crippen molar-refractivity contribution in [2.75, 3.05) is 39.4 Å². The largest absolute Gasteiger partial charge is 0.406 e. The van der Waals surface area contributed by atoms with Gasteiger partial charge in [0.1, 0.15) is 6.54 Å². The van der Waals surface area contributed by atoms with Crippen molar-refractivity contribution in [2.24, 2.45) is 0 Å². The van der Waals surface area contributed by atoms with Crippen LogP contribution in [0.3, 0.4) is 0 Å². The Bertz CT molecular complexity index is 248. The molecule has 0 atom stereocenters. The maximum absolute atomic E-state index is 12.4. The molecule has 0 aliphatic rings. The average molecular weight is 284 g/mol. The Labute approximate surface area is 112 Å². The van der Waals surface area contributed by atoms with E-state index in [2.05, 4.69) is 5.32 Å². The van der Waals surface area contributed by atoms with E-state index in [-0.39, 0.29) is 13.1 Å². The van der Waals surface area contributed by atoms with Gasteiger partial charge in [-0.2, -0.15) is 13.2 Å². The Kier molecular flexibility index (Phi) is 9.59. The van der Waals surface area contributed by atoms with Crippen LogP contribution in [-0.4, -0.2) is 56.4 Å². The number of carbonyl (C=O) groups excluding carboxylic acids is 1. The van der Waals surface area contributed by atoms with Crippen LogP contribution < -0.4 is 5.32 Å². The first-order chi connectivity index (χ1) is 8.90. The van der Waals surface area contributed by atoms with Crippen LogP contribution in [0, 0.1) is 0 Å². The molecular formula is C12H23F3N2O2. The van der Waals surface area contributed by atoms with Gasteiger partial charge in [0.05, 0.1) is 6.54 Å². The number of halogens is 3. The molecule has 114 valence electrons. The average Bonchev–Trinajstić information content (AvgIpc) is 2.32. The summed E-state index contributed by atoms with van der Waals surface area (Å²) in [6.07, 6.45) is -3.13. The fourth-order valence-corrected chi connectivity index (χ4v) is 1.49. The molecule has 1 N–H and O–H groups in total. The van der Waals surface area contributed by atoms with E-state index in [0.29, 0.717) is 26.2 Å². The van der Waals surface area contributed by atoms with Gasteiger partial charge in [-0.05, 0) is 26.3 Å². The normalized spacial score (nSPS) is 11.6. The Morgan fingerprint density at radius 2 is 2.00 bits per heavy atom. The van der Waals surface area contributed by atoms with E-state index in [1.165, 1.54) is 0 Å². The highest BCUT2D eigenvalue weighted by atomic mass is 19.4. The quantitative estimate of drug-likeness (QED) is 0.622. The van der Waals surface area contributed by atoms with Crippen molar-refractivity contribution in [3.63, 3.8) is 0 Å². The highest BCUT2D eigenvalue weighted by molar-refractivity contribution is 5.78. The molecule has 0 fully saturated rings. The molecule has 0 saturated carbocycles. The second kappa shape index (κ2) is 10.0. The first-order valence-electron chi connectivity index (χ1n) is 6.53. The lowest BCUT2D eigenvalue weighted by Gasteiger charge is -2.24. The molecule has 1 amide bonds. The number of nitrogens with zero attached hydrogens (tertiary/aromatic N) is 1. The smallest absolute Gasteiger partial charge is 0.382 e. The number of hydrogen-bond donors (Lipinski definition) is 1. The molecule has 0 spiro atoms. The van der Waals surface area contributed by atoms with Gasteiger partial charge in [0, 0.05) is 19.8 Å². The summed E-state index contributed by atoms with van der Waals surface area (Å²) >= 11 is 0. The lowest BCUT2D eigenvalue weighted by molar-refractivity contribution is -0.161. The molecule has 0 heterocycles. The predicted octanol–water partition coefficient (Wildman–Crippen LogP) is 1.80. The van der Waals surface area contributed by atoms with Crippen LogP contribution in [0.25, 0.3) is 0 Å². The highest BCUT2D eigenvalue weighted by Gasteiger charge is 2.32. The third kappa shape index (κ3) is 10.8. The second-order valence-corrected chi connectivity index (χ2v) is 4.16. The molecule has 0 aliphatic heterocycles. The molecule has 7 heteroatoms. The van der Waals surface area contributed by atoms with Gasteiger partial charge in [-0.1, -0.05) is 6.92 Å². The number of ether oxygens (including phenoxy) is 1. The molecule has 0 radical (unpaired) electrons. The van der Waals surface area contributed by atoms with Gasteiger partial charge in [-0.3, -0.25) is 4.79 Å². The summed E-state index contributed by atoms with van der Waals surface area (Å²) in [5.74, 6) is -0.526. The van der Waals surface area contributed by atoms with Crippen LogP contribution >= 0.6 is 0 Å². The van der Waals surface area contributed by atoms with Gasteiger partial charge in [0.2, 0.25) is 5.91 Å². The summed E-state index contributed by atoms with van der Waals surface area (Å²) in [6, 6.07) is 0. The lowest BCUT2D eigenvalue weighted by Crippen LogP contribution is -2.44. The Morgan fingerprint density at radius 1 is 1.32 bits per heavy atom. The second-order valence-electron chi connectivity index (χ2n) is 4.16. The van der Waals surface area contributed by atoms with E-state index in [1.54, 1.807) is 0 Å². The van der Waals surface area contributed by atoms with E-state index < -0.39 is 18.6 Å². The van der Waals surface area contributed by atoms with E-state index in [1.807, 2.05) is 13.8 Å². The zero-order chi connectivity index (χ0) is 14.7. The third-order valence-corrected chi connectivity index (χ3v) is 2.35. The fourth-order valence-electron chi connectivity index (χ4n) is 1.49. The highest BCUT2D eigenvalue weighted by Crippen LogP contribution is 2.16. The number of nitrogens with one attached hydrogen (secondary N) is 1. The van der Waals surface area contributed by atoms with Crippen LogP contribution in [0.15, 0.2) is 0 Å². The zero-order valence-corrected chi connectivity index (χ0v) is 11.6. The number of carbonyl (C=O) groups is 1. The molecule has 0 aromatic carbocycles. The topological polar surface area (TPSA) is 41.6 Å². The number of amides is 1. The molecule has 0 aromatic heterocycles. The van der Waals surface area contributed by atoms with E-state index in [9.17, 15) is 18.0 Å².